The van der Waals surface area contributed by atoms with Crippen molar-refractivity contribution in [3.8, 4) is 5.69 Å². The van der Waals surface area contributed by atoms with Crippen LogP contribution in [0.4, 0.5) is 14.5 Å². The number of anilines is 1. The number of nitrogens with zero attached hydrogens (tertiary/aromatic N) is 3. The number of hydrogen-bond donors (Lipinski definition) is 1. The minimum Gasteiger partial charge on any atom is -0.323 e. The minimum absolute atomic E-state index is 0.193. The van der Waals surface area contributed by atoms with E-state index in [0.29, 0.717) is 5.16 Å². The molecule has 3 rings (SSSR count). The molecule has 0 aliphatic carbocycles. The van der Waals surface area contributed by atoms with Crippen molar-refractivity contribution >= 4 is 23.4 Å². The standard InChI is InChI=1S/C17H14F2N4OS/c1-11(16(24)21-15-9-12(18)7-8-14(15)19)25-17-22-20-10-23(17)13-5-3-2-4-6-13/h2-11H,1H3,(H,21,24). The first-order chi connectivity index (χ1) is 12.0. The molecule has 0 bridgehead atoms. The molecule has 3 aromatic rings. The molecule has 1 unspecified atom stereocenters. The molecule has 8 heteroatoms. The van der Waals surface area contributed by atoms with Gasteiger partial charge in [-0.25, -0.2) is 8.78 Å². The summed E-state index contributed by atoms with van der Waals surface area (Å²) in [5.74, 6) is -1.78. The van der Waals surface area contributed by atoms with Gasteiger partial charge in [-0.2, -0.15) is 0 Å². The van der Waals surface area contributed by atoms with Crippen molar-refractivity contribution in [1.82, 2.24) is 14.8 Å². The number of thioether (sulfide) groups is 1. The highest BCUT2D eigenvalue weighted by molar-refractivity contribution is 8.00. The van der Waals surface area contributed by atoms with Gasteiger partial charge in [0.25, 0.3) is 0 Å². The second-order valence-electron chi connectivity index (χ2n) is 5.19. The van der Waals surface area contributed by atoms with Gasteiger partial charge in [0.05, 0.1) is 10.9 Å². The number of rotatable bonds is 5. The maximum absolute atomic E-state index is 13.6. The third kappa shape index (κ3) is 4.03. The summed E-state index contributed by atoms with van der Waals surface area (Å²) in [4.78, 5) is 12.3. The van der Waals surface area contributed by atoms with E-state index in [-0.39, 0.29) is 5.69 Å². The van der Waals surface area contributed by atoms with Crippen LogP contribution in [0.2, 0.25) is 0 Å². The third-order valence-electron chi connectivity index (χ3n) is 3.39. The molecule has 1 atom stereocenters. The Morgan fingerprint density at radius 3 is 2.72 bits per heavy atom. The van der Waals surface area contributed by atoms with Gasteiger partial charge in [0, 0.05) is 11.8 Å². The molecule has 0 saturated carbocycles. The molecule has 1 aromatic heterocycles. The van der Waals surface area contributed by atoms with Crippen molar-refractivity contribution in [3.63, 3.8) is 0 Å². The molecular weight excluding hydrogens is 346 g/mol. The van der Waals surface area contributed by atoms with Crippen LogP contribution in [0.3, 0.4) is 0 Å². The number of benzene rings is 2. The lowest BCUT2D eigenvalue weighted by atomic mass is 10.3. The normalized spacial score (nSPS) is 12.0. The zero-order valence-corrected chi connectivity index (χ0v) is 14.0. The van der Waals surface area contributed by atoms with Crippen LogP contribution in [0, 0.1) is 11.6 Å². The fourth-order valence-electron chi connectivity index (χ4n) is 2.11. The molecule has 2 aromatic carbocycles. The Morgan fingerprint density at radius 2 is 1.96 bits per heavy atom. The van der Waals surface area contributed by atoms with Gasteiger partial charge < -0.3 is 5.32 Å². The maximum Gasteiger partial charge on any atom is 0.237 e. The molecule has 0 fully saturated rings. The molecule has 0 spiro atoms. The maximum atomic E-state index is 13.6. The lowest BCUT2D eigenvalue weighted by Gasteiger charge is -2.13. The Balaban J connectivity index is 1.73. The first-order valence-corrected chi connectivity index (χ1v) is 8.30. The van der Waals surface area contributed by atoms with E-state index in [9.17, 15) is 13.6 Å². The highest BCUT2D eigenvalue weighted by Crippen LogP contribution is 2.25. The van der Waals surface area contributed by atoms with E-state index < -0.39 is 22.8 Å². The highest BCUT2D eigenvalue weighted by Gasteiger charge is 2.19. The number of nitrogens with one attached hydrogen (secondary N) is 1. The van der Waals surface area contributed by atoms with Gasteiger partial charge in [0.15, 0.2) is 5.16 Å². The van der Waals surface area contributed by atoms with Gasteiger partial charge in [0.2, 0.25) is 5.91 Å². The summed E-state index contributed by atoms with van der Waals surface area (Å²) in [5.41, 5.74) is 0.667. The Labute approximate surface area is 147 Å². The summed E-state index contributed by atoms with van der Waals surface area (Å²) >= 11 is 1.17. The molecule has 0 radical (unpaired) electrons. The lowest BCUT2D eigenvalue weighted by Crippen LogP contribution is -2.23. The highest BCUT2D eigenvalue weighted by atomic mass is 32.2. The van der Waals surface area contributed by atoms with Crippen molar-refractivity contribution in [2.24, 2.45) is 0 Å². The topological polar surface area (TPSA) is 59.8 Å². The predicted octanol–water partition coefficient (Wildman–Crippen LogP) is 3.66. The van der Waals surface area contributed by atoms with Crippen LogP contribution >= 0.6 is 11.8 Å². The van der Waals surface area contributed by atoms with Gasteiger partial charge in [-0.05, 0) is 31.2 Å². The Kier molecular flexibility index (Phi) is 5.08. The van der Waals surface area contributed by atoms with Crippen LogP contribution in [0.5, 0.6) is 0 Å². The first kappa shape index (κ1) is 17.1. The van der Waals surface area contributed by atoms with Crippen LogP contribution in [-0.2, 0) is 4.79 Å². The number of para-hydroxylation sites is 1. The van der Waals surface area contributed by atoms with E-state index in [4.69, 9.17) is 0 Å². The lowest BCUT2D eigenvalue weighted by molar-refractivity contribution is -0.115. The molecule has 1 heterocycles. The first-order valence-electron chi connectivity index (χ1n) is 7.42. The number of carbonyl (C=O) groups excluding carboxylic acids is 1. The van der Waals surface area contributed by atoms with E-state index >= 15 is 0 Å². The Bertz CT molecular complexity index is 885. The van der Waals surface area contributed by atoms with Crippen molar-refractivity contribution < 1.29 is 13.6 Å². The second-order valence-corrected chi connectivity index (χ2v) is 6.50. The van der Waals surface area contributed by atoms with E-state index in [1.807, 2.05) is 30.3 Å². The summed E-state index contributed by atoms with van der Waals surface area (Å²) in [6.45, 7) is 1.65. The second kappa shape index (κ2) is 7.43. The van der Waals surface area contributed by atoms with Crippen LogP contribution in [0.1, 0.15) is 6.92 Å². The fraction of sp³-hybridized carbons (Fsp3) is 0.118. The van der Waals surface area contributed by atoms with Crippen LogP contribution in [-0.4, -0.2) is 25.9 Å². The molecule has 0 saturated heterocycles. The smallest absolute Gasteiger partial charge is 0.237 e. The van der Waals surface area contributed by atoms with Crippen molar-refractivity contribution in [3.05, 3.63) is 66.5 Å². The largest absolute Gasteiger partial charge is 0.323 e. The van der Waals surface area contributed by atoms with Gasteiger partial charge >= 0.3 is 0 Å². The number of aromatic nitrogens is 3. The fourth-order valence-corrected chi connectivity index (χ4v) is 2.95. The van der Waals surface area contributed by atoms with Crippen LogP contribution in [0.15, 0.2) is 60.0 Å². The van der Waals surface area contributed by atoms with Crippen molar-refractivity contribution in [1.29, 1.82) is 0 Å². The van der Waals surface area contributed by atoms with Gasteiger partial charge in [-0.3, -0.25) is 9.36 Å². The number of hydrogen-bond acceptors (Lipinski definition) is 4. The molecule has 0 aliphatic heterocycles. The zero-order valence-electron chi connectivity index (χ0n) is 13.2. The van der Waals surface area contributed by atoms with E-state index in [0.717, 1.165) is 23.9 Å². The minimum atomic E-state index is -0.695. The van der Waals surface area contributed by atoms with E-state index in [1.165, 1.54) is 11.8 Å². The summed E-state index contributed by atoms with van der Waals surface area (Å²) < 4.78 is 28.6. The summed E-state index contributed by atoms with van der Waals surface area (Å²) in [6.07, 6.45) is 1.55. The van der Waals surface area contributed by atoms with Crippen LogP contribution in [0.25, 0.3) is 5.69 Å². The quantitative estimate of drug-likeness (QED) is 0.706. The van der Waals surface area contributed by atoms with Gasteiger partial charge in [-0.1, -0.05) is 30.0 Å². The molecule has 1 amide bonds. The van der Waals surface area contributed by atoms with Crippen molar-refractivity contribution in [2.45, 2.75) is 17.3 Å². The van der Waals surface area contributed by atoms with Crippen molar-refractivity contribution in [2.75, 3.05) is 5.32 Å². The average Bonchev–Trinajstić information content (AvgIpc) is 3.07. The summed E-state index contributed by atoms with van der Waals surface area (Å²) in [7, 11) is 0. The summed E-state index contributed by atoms with van der Waals surface area (Å²) in [5, 5.41) is 10.2. The number of carbonyl (C=O) groups is 1. The Hall–Kier alpha value is -2.74. The Morgan fingerprint density at radius 1 is 1.20 bits per heavy atom. The predicted molar refractivity (Wildman–Crippen MR) is 91.7 cm³/mol. The molecule has 1 N–H and O–H groups in total. The molecule has 25 heavy (non-hydrogen) atoms. The molecule has 0 aliphatic rings. The third-order valence-corrected chi connectivity index (χ3v) is 4.45. The number of amides is 1. The van der Waals surface area contributed by atoms with E-state index in [1.54, 1.807) is 17.8 Å². The zero-order chi connectivity index (χ0) is 17.8. The van der Waals surface area contributed by atoms with Gasteiger partial charge in [-0.15, -0.1) is 10.2 Å². The number of halogens is 2. The average molecular weight is 360 g/mol. The van der Waals surface area contributed by atoms with Gasteiger partial charge in [0.1, 0.15) is 18.0 Å². The van der Waals surface area contributed by atoms with E-state index in [2.05, 4.69) is 15.5 Å². The molecule has 5 nitrogen and oxygen atoms in total. The monoisotopic (exact) mass is 360 g/mol. The van der Waals surface area contributed by atoms with Crippen LogP contribution < -0.4 is 5.32 Å². The molecule has 128 valence electrons. The molecular formula is C17H14F2N4OS. The SMILES string of the molecule is CC(Sc1nncn1-c1ccccc1)C(=O)Nc1cc(F)ccc1F. The summed E-state index contributed by atoms with van der Waals surface area (Å²) in [6, 6.07) is 12.3.